The normalized spacial score (nSPS) is 29.6. The second-order valence-corrected chi connectivity index (χ2v) is 9.80. The van der Waals surface area contributed by atoms with Crippen molar-refractivity contribution in [3.8, 4) is 0 Å². The molecule has 2 aromatic carbocycles. The highest BCUT2D eigenvalue weighted by atomic mass is 32.1. The van der Waals surface area contributed by atoms with Crippen molar-refractivity contribution in [2.24, 2.45) is 17.8 Å². The number of nitrogens with one attached hydrogen (secondary N) is 2. The van der Waals surface area contributed by atoms with Gasteiger partial charge < -0.3 is 10.6 Å². The summed E-state index contributed by atoms with van der Waals surface area (Å²) in [6.07, 6.45) is 7.79. The molecular formula is C25H28N2OS. The number of thiocarbonyl (C=S) groups is 1. The van der Waals surface area contributed by atoms with Crippen LogP contribution in [0.25, 0.3) is 0 Å². The van der Waals surface area contributed by atoms with Crippen LogP contribution in [0.2, 0.25) is 0 Å². The first-order chi connectivity index (χ1) is 14.1. The molecule has 150 valence electrons. The van der Waals surface area contributed by atoms with E-state index >= 15 is 0 Å². The van der Waals surface area contributed by atoms with Crippen LogP contribution in [0.4, 0.5) is 0 Å². The van der Waals surface area contributed by atoms with Crippen LogP contribution in [0.5, 0.6) is 0 Å². The molecule has 29 heavy (non-hydrogen) atoms. The molecule has 6 rings (SSSR count). The smallest absolute Gasteiger partial charge is 0.238 e. The molecule has 2 N–H and O–H groups in total. The van der Waals surface area contributed by atoms with Gasteiger partial charge in [-0.3, -0.25) is 4.79 Å². The molecule has 3 nitrogen and oxygen atoms in total. The molecule has 4 heteroatoms. The number of carbonyl (C=O) groups is 1. The molecule has 1 amide bonds. The minimum absolute atomic E-state index is 0.0652. The third-order valence-corrected chi connectivity index (χ3v) is 7.39. The largest absolute Gasteiger partial charge is 0.357 e. The first-order valence-corrected chi connectivity index (χ1v) is 11.2. The van der Waals surface area contributed by atoms with Gasteiger partial charge >= 0.3 is 0 Å². The van der Waals surface area contributed by atoms with Gasteiger partial charge in [0.25, 0.3) is 0 Å². The van der Waals surface area contributed by atoms with Crippen molar-refractivity contribution in [1.82, 2.24) is 10.6 Å². The van der Waals surface area contributed by atoms with Crippen LogP contribution in [-0.2, 0) is 4.79 Å². The Morgan fingerprint density at radius 3 is 1.72 bits per heavy atom. The molecule has 0 atom stereocenters. The summed E-state index contributed by atoms with van der Waals surface area (Å²) in [5.74, 6) is 2.09. The number of benzene rings is 2. The van der Waals surface area contributed by atoms with E-state index < -0.39 is 0 Å². The summed E-state index contributed by atoms with van der Waals surface area (Å²) in [5, 5.41) is 7.14. The predicted molar refractivity (Wildman–Crippen MR) is 120 cm³/mol. The zero-order valence-electron chi connectivity index (χ0n) is 16.6. The van der Waals surface area contributed by atoms with E-state index in [2.05, 4.69) is 10.6 Å². The Morgan fingerprint density at radius 1 is 0.828 bits per heavy atom. The highest BCUT2D eigenvalue weighted by Gasteiger charge is 2.51. The second-order valence-electron chi connectivity index (χ2n) is 9.40. The van der Waals surface area contributed by atoms with Crippen molar-refractivity contribution < 1.29 is 4.79 Å². The summed E-state index contributed by atoms with van der Waals surface area (Å²) < 4.78 is 0. The topological polar surface area (TPSA) is 41.1 Å². The van der Waals surface area contributed by atoms with Crippen LogP contribution < -0.4 is 10.6 Å². The van der Waals surface area contributed by atoms with Gasteiger partial charge in [-0.25, -0.2) is 0 Å². The number of hydrogen-bond donors (Lipinski definition) is 2. The quantitative estimate of drug-likeness (QED) is 0.721. The Morgan fingerprint density at radius 2 is 1.28 bits per heavy atom. The van der Waals surface area contributed by atoms with Crippen molar-refractivity contribution in [3.05, 3.63) is 71.8 Å². The van der Waals surface area contributed by atoms with Gasteiger partial charge in [0, 0.05) is 5.54 Å². The highest BCUT2D eigenvalue weighted by Crippen LogP contribution is 2.55. The predicted octanol–water partition coefficient (Wildman–Crippen LogP) is 4.78. The van der Waals surface area contributed by atoms with Crippen LogP contribution >= 0.6 is 12.2 Å². The molecule has 4 aliphatic rings. The summed E-state index contributed by atoms with van der Waals surface area (Å²) in [5.41, 5.74) is 2.07. The van der Waals surface area contributed by atoms with Crippen molar-refractivity contribution in [3.63, 3.8) is 0 Å². The second kappa shape index (κ2) is 7.56. The zero-order chi connectivity index (χ0) is 19.8. The van der Waals surface area contributed by atoms with Crippen LogP contribution in [0, 0.1) is 17.8 Å². The third kappa shape index (κ3) is 3.83. The number of carbonyl (C=O) groups excluding carboxylic acids is 1. The summed E-state index contributed by atoms with van der Waals surface area (Å²) >= 11 is 5.64. The molecule has 0 unspecified atom stereocenters. The first-order valence-electron chi connectivity index (χ1n) is 10.8. The molecule has 0 heterocycles. The lowest BCUT2D eigenvalue weighted by atomic mass is 9.53. The zero-order valence-corrected chi connectivity index (χ0v) is 17.5. The maximum absolute atomic E-state index is 13.3. The minimum atomic E-state index is -0.367. The lowest BCUT2D eigenvalue weighted by Crippen LogP contribution is -2.62. The molecule has 4 aliphatic carbocycles. The van der Waals surface area contributed by atoms with Crippen molar-refractivity contribution >= 4 is 23.2 Å². The van der Waals surface area contributed by atoms with Gasteiger partial charge in [0.1, 0.15) is 0 Å². The monoisotopic (exact) mass is 404 g/mol. The lowest BCUT2D eigenvalue weighted by Gasteiger charge is -2.57. The van der Waals surface area contributed by atoms with E-state index in [9.17, 15) is 4.79 Å². The van der Waals surface area contributed by atoms with Gasteiger partial charge in [-0.15, -0.1) is 0 Å². The van der Waals surface area contributed by atoms with Crippen molar-refractivity contribution in [2.75, 3.05) is 0 Å². The van der Waals surface area contributed by atoms with E-state index in [1.807, 2.05) is 60.7 Å². The highest BCUT2D eigenvalue weighted by molar-refractivity contribution is 7.80. The van der Waals surface area contributed by atoms with Crippen LogP contribution in [0.15, 0.2) is 60.7 Å². The average Bonchev–Trinajstić information content (AvgIpc) is 2.68. The minimum Gasteiger partial charge on any atom is -0.357 e. The van der Waals surface area contributed by atoms with E-state index in [1.165, 1.54) is 38.5 Å². The number of hydrogen-bond acceptors (Lipinski definition) is 2. The number of rotatable bonds is 4. The van der Waals surface area contributed by atoms with Crippen LogP contribution in [0.1, 0.15) is 55.6 Å². The fourth-order valence-corrected chi connectivity index (χ4v) is 6.82. The van der Waals surface area contributed by atoms with E-state index in [0.29, 0.717) is 5.11 Å². The average molecular weight is 405 g/mol. The summed E-state index contributed by atoms with van der Waals surface area (Å²) in [6.45, 7) is 0. The van der Waals surface area contributed by atoms with Crippen LogP contribution in [-0.4, -0.2) is 16.6 Å². The molecule has 2 aromatic rings. The first kappa shape index (κ1) is 18.8. The SMILES string of the molecule is O=C(NC(=S)NC12CC3CC(CC(C3)C1)C2)C(c1ccccc1)c1ccccc1. The fourth-order valence-electron chi connectivity index (χ4n) is 6.51. The van der Waals surface area contributed by atoms with Gasteiger partial charge in [0.15, 0.2) is 5.11 Å². The summed E-state index contributed by atoms with van der Waals surface area (Å²) in [4.78, 5) is 13.3. The molecular weight excluding hydrogens is 376 g/mol. The van der Waals surface area contributed by atoms with E-state index in [1.54, 1.807) is 0 Å². The maximum Gasteiger partial charge on any atom is 0.238 e. The summed E-state index contributed by atoms with van der Waals surface area (Å²) in [6, 6.07) is 19.9. The third-order valence-electron chi connectivity index (χ3n) is 7.18. The van der Waals surface area contributed by atoms with Gasteiger partial charge in [-0.2, -0.15) is 0 Å². The van der Waals surface area contributed by atoms with E-state index in [4.69, 9.17) is 12.2 Å². The van der Waals surface area contributed by atoms with Gasteiger partial charge in [0.2, 0.25) is 5.91 Å². The Labute approximate surface area is 178 Å². The van der Waals surface area contributed by atoms with Gasteiger partial charge in [-0.1, -0.05) is 60.7 Å². The lowest BCUT2D eigenvalue weighted by molar-refractivity contribution is -0.120. The molecule has 0 aromatic heterocycles. The molecule has 0 radical (unpaired) electrons. The van der Waals surface area contributed by atoms with E-state index in [0.717, 1.165) is 28.9 Å². The van der Waals surface area contributed by atoms with E-state index in [-0.39, 0.29) is 17.4 Å². The maximum atomic E-state index is 13.3. The number of amides is 1. The molecule has 0 aliphatic heterocycles. The summed E-state index contributed by atoms with van der Waals surface area (Å²) in [7, 11) is 0. The fraction of sp³-hybridized carbons (Fsp3) is 0.440. The Balaban J connectivity index is 1.32. The molecule has 4 bridgehead atoms. The Hall–Kier alpha value is -2.20. The van der Waals surface area contributed by atoms with Crippen molar-refractivity contribution in [1.29, 1.82) is 0 Å². The Kier molecular flexibility index (Phi) is 4.91. The van der Waals surface area contributed by atoms with Gasteiger partial charge in [-0.05, 0) is 79.6 Å². The molecule has 0 saturated heterocycles. The van der Waals surface area contributed by atoms with Gasteiger partial charge in [0.05, 0.1) is 5.92 Å². The molecule has 4 fully saturated rings. The standard InChI is InChI=1S/C25H28N2OS/c28-23(22(20-7-3-1-4-8-20)21-9-5-2-6-10-21)26-24(29)27-25-14-17-11-18(15-25)13-19(12-17)16-25/h1-10,17-19,22H,11-16H2,(H2,26,27,28,29). The van der Waals surface area contributed by atoms with Crippen LogP contribution in [0.3, 0.4) is 0 Å². The molecule has 0 spiro atoms. The van der Waals surface area contributed by atoms with Crippen molar-refractivity contribution in [2.45, 2.75) is 50.0 Å². The Bertz CT molecular complexity index is 821. The molecule has 4 saturated carbocycles.